The summed E-state index contributed by atoms with van der Waals surface area (Å²) < 4.78 is 37.3. The number of carbonyl (C=O) groups excluding carboxylic acids is 1. The number of urea groups is 1. The van der Waals surface area contributed by atoms with E-state index in [4.69, 9.17) is 9.47 Å². The van der Waals surface area contributed by atoms with Gasteiger partial charge in [-0.3, -0.25) is 0 Å². The van der Waals surface area contributed by atoms with Gasteiger partial charge in [-0.15, -0.1) is 0 Å². The van der Waals surface area contributed by atoms with Gasteiger partial charge in [-0.2, -0.15) is 0 Å². The van der Waals surface area contributed by atoms with Gasteiger partial charge in [0.1, 0.15) is 6.61 Å². The topological polar surface area (TPSA) is 106 Å². The molecule has 0 saturated carbocycles. The van der Waals surface area contributed by atoms with Crippen LogP contribution in [0.4, 0.5) is 4.79 Å². The zero-order valence-corrected chi connectivity index (χ0v) is 16.3. The molecule has 1 aliphatic rings. The fraction of sp³-hybridized carbons (Fsp3) is 0.316. The first-order valence-electron chi connectivity index (χ1n) is 8.85. The number of sulfonamides is 1. The Morgan fingerprint density at radius 1 is 1.04 bits per heavy atom. The van der Waals surface area contributed by atoms with Crippen molar-refractivity contribution in [2.45, 2.75) is 18.4 Å². The molecule has 0 bridgehead atoms. The van der Waals surface area contributed by atoms with Gasteiger partial charge in [0, 0.05) is 6.54 Å². The molecule has 1 heterocycles. The molecule has 1 aliphatic heterocycles. The van der Waals surface area contributed by atoms with Crippen LogP contribution in [0.25, 0.3) is 0 Å². The standard InChI is InChI=1S/C19H23N3O5S/c1-20-28(24,25)13-15-7-3-2-6-14(15)10-21-19(23)22-11-16-12-26-17-8-4-5-9-18(17)27-16/h2-9,16,20H,10-13H2,1H3,(H2,21,22,23). The maximum Gasteiger partial charge on any atom is 0.315 e. The first-order chi connectivity index (χ1) is 13.5. The lowest BCUT2D eigenvalue weighted by atomic mass is 10.1. The van der Waals surface area contributed by atoms with E-state index >= 15 is 0 Å². The lowest BCUT2D eigenvalue weighted by molar-refractivity contribution is 0.0918. The van der Waals surface area contributed by atoms with E-state index in [0.29, 0.717) is 23.7 Å². The molecule has 2 amide bonds. The monoisotopic (exact) mass is 405 g/mol. The van der Waals surface area contributed by atoms with Gasteiger partial charge in [0.2, 0.25) is 10.0 Å². The third-order valence-electron chi connectivity index (χ3n) is 4.27. The van der Waals surface area contributed by atoms with E-state index in [0.717, 1.165) is 5.56 Å². The van der Waals surface area contributed by atoms with Crippen LogP contribution in [0.3, 0.4) is 0 Å². The van der Waals surface area contributed by atoms with Gasteiger partial charge in [-0.25, -0.2) is 17.9 Å². The van der Waals surface area contributed by atoms with Gasteiger partial charge in [0.05, 0.1) is 12.3 Å². The largest absolute Gasteiger partial charge is 0.486 e. The predicted octanol–water partition coefficient (Wildman–Crippen LogP) is 1.38. The Labute approximate surface area is 164 Å². The Morgan fingerprint density at radius 3 is 2.46 bits per heavy atom. The van der Waals surface area contributed by atoms with E-state index in [9.17, 15) is 13.2 Å². The van der Waals surface area contributed by atoms with Crippen molar-refractivity contribution in [3.8, 4) is 11.5 Å². The Balaban J connectivity index is 1.49. The summed E-state index contributed by atoms with van der Waals surface area (Å²) in [6.07, 6.45) is -0.284. The molecule has 0 fully saturated rings. The second-order valence-corrected chi connectivity index (χ2v) is 8.22. The van der Waals surface area contributed by atoms with E-state index in [2.05, 4.69) is 15.4 Å². The normalized spacial score (nSPS) is 15.7. The van der Waals surface area contributed by atoms with Crippen LogP contribution in [-0.4, -0.2) is 40.8 Å². The molecule has 0 radical (unpaired) electrons. The van der Waals surface area contributed by atoms with Gasteiger partial charge in [-0.05, 0) is 30.3 Å². The molecule has 1 atom stereocenters. The lowest BCUT2D eigenvalue weighted by Gasteiger charge is -2.26. The van der Waals surface area contributed by atoms with Crippen molar-refractivity contribution in [2.24, 2.45) is 0 Å². The maximum atomic E-state index is 12.1. The molecule has 3 N–H and O–H groups in total. The molecule has 0 aromatic heterocycles. The molecule has 2 aromatic rings. The Bertz CT molecular complexity index is 933. The zero-order chi connectivity index (χ0) is 20.0. The summed E-state index contributed by atoms with van der Waals surface area (Å²) in [7, 11) is -2.02. The van der Waals surface area contributed by atoms with Crippen LogP contribution >= 0.6 is 0 Å². The van der Waals surface area contributed by atoms with Crippen LogP contribution in [-0.2, 0) is 22.3 Å². The highest BCUT2D eigenvalue weighted by Gasteiger charge is 2.21. The molecular weight excluding hydrogens is 382 g/mol. The van der Waals surface area contributed by atoms with Gasteiger partial charge in [-0.1, -0.05) is 36.4 Å². The number of hydrogen-bond donors (Lipinski definition) is 3. The second-order valence-electron chi connectivity index (χ2n) is 6.29. The third-order valence-corrected chi connectivity index (χ3v) is 5.59. The van der Waals surface area contributed by atoms with Crippen molar-refractivity contribution in [2.75, 3.05) is 20.2 Å². The number of nitrogens with one attached hydrogen (secondary N) is 3. The lowest BCUT2D eigenvalue weighted by Crippen LogP contribution is -2.44. The molecule has 2 aromatic carbocycles. The molecule has 0 aliphatic carbocycles. The van der Waals surface area contributed by atoms with Crippen LogP contribution in [0.1, 0.15) is 11.1 Å². The van der Waals surface area contributed by atoms with Gasteiger partial charge < -0.3 is 20.1 Å². The Morgan fingerprint density at radius 2 is 1.71 bits per heavy atom. The number of ether oxygens (including phenoxy) is 2. The van der Waals surface area contributed by atoms with E-state index in [1.54, 1.807) is 24.3 Å². The number of benzene rings is 2. The highest BCUT2D eigenvalue weighted by molar-refractivity contribution is 7.88. The van der Waals surface area contributed by atoms with Crippen LogP contribution < -0.4 is 24.8 Å². The van der Waals surface area contributed by atoms with Crippen molar-refractivity contribution in [1.82, 2.24) is 15.4 Å². The summed E-state index contributed by atoms with van der Waals surface area (Å²) in [6, 6.07) is 14.1. The number of hydrogen-bond acceptors (Lipinski definition) is 5. The van der Waals surface area contributed by atoms with E-state index in [1.807, 2.05) is 24.3 Å². The summed E-state index contributed by atoms with van der Waals surface area (Å²) in [5.41, 5.74) is 1.38. The molecule has 150 valence electrons. The summed E-state index contributed by atoms with van der Waals surface area (Å²) in [6.45, 7) is 0.851. The van der Waals surface area contributed by atoms with Crippen molar-refractivity contribution in [1.29, 1.82) is 0 Å². The van der Waals surface area contributed by atoms with E-state index in [1.165, 1.54) is 7.05 Å². The quantitative estimate of drug-likeness (QED) is 0.645. The summed E-state index contributed by atoms with van der Waals surface area (Å²) >= 11 is 0. The number of fused-ring (bicyclic) bond motifs is 1. The SMILES string of the molecule is CNS(=O)(=O)Cc1ccccc1CNC(=O)NCC1COc2ccccc2O1. The smallest absolute Gasteiger partial charge is 0.315 e. The minimum absolute atomic E-state index is 0.143. The molecule has 8 nitrogen and oxygen atoms in total. The molecule has 0 saturated heterocycles. The summed E-state index contributed by atoms with van der Waals surface area (Å²) in [5.74, 6) is 1.20. The van der Waals surface area contributed by atoms with Crippen molar-refractivity contribution in [3.63, 3.8) is 0 Å². The highest BCUT2D eigenvalue weighted by atomic mass is 32.2. The number of rotatable bonds is 7. The van der Waals surface area contributed by atoms with Crippen molar-refractivity contribution in [3.05, 3.63) is 59.7 Å². The molecule has 0 spiro atoms. The van der Waals surface area contributed by atoms with Gasteiger partial charge >= 0.3 is 6.03 Å². The van der Waals surface area contributed by atoms with Crippen molar-refractivity contribution >= 4 is 16.1 Å². The minimum atomic E-state index is -3.39. The fourth-order valence-electron chi connectivity index (χ4n) is 2.76. The average molecular weight is 405 g/mol. The van der Waals surface area contributed by atoms with Crippen LogP contribution in [0.15, 0.2) is 48.5 Å². The Kier molecular flexibility index (Phi) is 6.37. The Hall–Kier alpha value is -2.78. The molecule has 9 heteroatoms. The second kappa shape index (κ2) is 8.94. The van der Waals surface area contributed by atoms with E-state index in [-0.39, 0.29) is 31.0 Å². The third kappa shape index (κ3) is 5.37. The van der Waals surface area contributed by atoms with Gasteiger partial charge in [0.15, 0.2) is 17.6 Å². The maximum absolute atomic E-state index is 12.1. The molecule has 28 heavy (non-hydrogen) atoms. The fourth-order valence-corrected chi connectivity index (χ4v) is 3.59. The molecular formula is C19H23N3O5S. The number of amides is 2. The predicted molar refractivity (Wildman–Crippen MR) is 105 cm³/mol. The number of para-hydroxylation sites is 2. The number of carbonyl (C=O) groups is 1. The zero-order valence-electron chi connectivity index (χ0n) is 15.5. The average Bonchev–Trinajstić information content (AvgIpc) is 2.71. The summed E-state index contributed by atoms with van der Waals surface area (Å²) in [5, 5.41) is 5.49. The first-order valence-corrected chi connectivity index (χ1v) is 10.5. The molecule has 3 rings (SSSR count). The minimum Gasteiger partial charge on any atom is -0.486 e. The van der Waals surface area contributed by atoms with Crippen molar-refractivity contribution < 1.29 is 22.7 Å². The van der Waals surface area contributed by atoms with Gasteiger partial charge in [0.25, 0.3) is 0 Å². The molecule has 1 unspecified atom stereocenters. The van der Waals surface area contributed by atoms with Crippen LogP contribution in [0.2, 0.25) is 0 Å². The highest BCUT2D eigenvalue weighted by Crippen LogP contribution is 2.30. The van der Waals surface area contributed by atoms with E-state index < -0.39 is 10.0 Å². The van der Waals surface area contributed by atoms with Crippen LogP contribution in [0, 0.1) is 0 Å². The first kappa shape index (κ1) is 20.0. The summed E-state index contributed by atoms with van der Waals surface area (Å²) in [4.78, 5) is 12.1. The van der Waals surface area contributed by atoms with Crippen LogP contribution in [0.5, 0.6) is 11.5 Å².